The molecular weight excluding hydrogens is 254 g/mol. The number of nitrogens with zero attached hydrogens (tertiary/aromatic N) is 3. The Labute approximate surface area is 117 Å². The zero-order valence-electron chi connectivity index (χ0n) is 11.9. The molecule has 0 radical (unpaired) electrons. The van der Waals surface area contributed by atoms with E-state index in [0.717, 1.165) is 16.8 Å². The third kappa shape index (κ3) is 2.19. The number of hydrogen-bond donors (Lipinski definition) is 0. The van der Waals surface area contributed by atoms with Crippen molar-refractivity contribution in [2.45, 2.75) is 33.1 Å². The SMILES string of the molecule is Cc1ccc(C)c(N2C[C@H](c3nc(C)no3)CC2=O)c1. The van der Waals surface area contributed by atoms with Crippen molar-refractivity contribution in [1.29, 1.82) is 0 Å². The number of carbonyl (C=O) groups excluding carboxylic acids is 1. The number of anilines is 1. The van der Waals surface area contributed by atoms with Crippen LogP contribution in [0.2, 0.25) is 0 Å². The fourth-order valence-electron chi connectivity index (χ4n) is 2.59. The molecule has 0 aliphatic carbocycles. The van der Waals surface area contributed by atoms with Crippen molar-refractivity contribution < 1.29 is 9.32 Å². The summed E-state index contributed by atoms with van der Waals surface area (Å²) < 4.78 is 5.19. The number of rotatable bonds is 2. The smallest absolute Gasteiger partial charge is 0.232 e. The lowest BCUT2D eigenvalue weighted by atomic mass is 10.1. The van der Waals surface area contributed by atoms with Crippen LogP contribution in [0.5, 0.6) is 0 Å². The van der Waals surface area contributed by atoms with Gasteiger partial charge in [0.2, 0.25) is 11.8 Å². The number of aromatic nitrogens is 2. The molecule has 1 amide bonds. The second kappa shape index (κ2) is 4.74. The summed E-state index contributed by atoms with van der Waals surface area (Å²) in [7, 11) is 0. The lowest BCUT2D eigenvalue weighted by Gasteiger charge is -2.19. The van der Waals surface area contributed by atoms with E-state index in [9.17, 15) is 4.79 Å². The first-order valence-electron chi connectivity index (χ1n) is 6.72. The van der Waals surface area contributed by atoms with E-state index < -0.39 is 0 Å². The van der Waals surface area contributed by atoms with Gasteiger partial charge < -0.3 is 9.42 Å². The molecule has 5 heteroatoms. The molecule has 0 spiro atoms. The number of aryl methyl sites for hydroxylation is 3. The quantitative estimate of drug-likeness (QED) is 0.842. The highest BCUT2D eigenvalue weighted by molar-refractivity contribution is 5.97. The minimum Gasteiger partial charge on any atom is -0.339 e. The molecule has 20 heavy (non-hydrogen) atoms. The van der Waals surface area contributed by atoms with E-state index in [2.05, 4.69) is 22.3 Å². The molecule has 1 fully saturated rings. The van der Waals surface area contributed by atoms with Crippen molar-refractivity contribution in [3.8, 4) is 0 Å². The van der Waals surface area contributed by atoms with E-state index in [-0.39, 0.29) is 11.8 Å². The van der Waals surface area contributed by atoms with Crippen molar-refractivity contribution in [3.05, 3.63) is 41.0 Å². The highest BCUT2D eigenvalue weighted by Gasteiger charge is 2.35. The van der Waals surface area contributed by atoms with Crippen molar-refractivity contribution >= 4 is 11.6 Å². The van der Waals surface area contributed by atoms with Gasteiger partial charge in [-0.2, -0.15) is 4.98 Å². The maximum Gasteiger partial charge on any atom is 0.232 e. The van der Waals surface area contributed by atoms with Crippen LogP contribution in [-0.2, 0) is 4.79 Å². The summed E-state index contributed by atoms with van der Waals surface area (Å²) in [5.41, 5.74) is 3.23. The molecule has 2 aromatic rings. The summed E-state index contributed by atoms with van der Waals surface area (Å²) in [5, 5.41) is 3.80. The molecule has 0 saturated carbocycles. The van der Waals surface area contributed by atoms with Crippen LogP contribution in [-0.4, -0.2) is 22.6 Å². The fraction of sp³-hybridized carbons (Fsp3) is 0.400. The van der Waals surface area contributed by atoms with Gasteiger partial charge in [-0.3, -0.25) is 4.79 Å². The Bertz CT molecular complexity index is 663. The van der Waals surface area contributed by atoms with Gasteiger partial charge in [0.05, 0.1) is 5.92 Å². The monoisotopic (exact) mass is 271 g/mol. The first-order valence-corrected chi connectivity index (χ1v) is 6.72. The van der Waals surface area contributed by atoms with Gasteiger partial charge in [0.25, 0.3) is 0 Å². The van der Waals surface area contributed by atoms with Crippen LogP contribution in [0.15, 0.2) is 22.7 Å². The third-order valence-electron chi connectivity index (χ3n) is 3.67. The third-order valence-corrected chi connectivity index (χ3v) is 3.67. The van der Waals surface area contributed by atoms with Crippen LogP contribution in [0.4, 0.5) is 5.69 Å². The fourth-order valence-corrected chi connectivity index (χ4v) is 2.59. The Morgan fingerprint density at radius 2 is 2.10 bits per heavy atom. The number of amides is 1. The minimum atomic E-state index is -0.0105. The van der Waals surface area contributed by atoms with Crippen molar-refractivity contribution in [2.24, 2.45) is 0 Å². The van der Waals surface area contributed by atoms with Crippen LogP contribution in [0.3, 0.4) is 0 Å². The van der Waals surface area contributed by atoms with Gasteiger partial charge in [-0.05, 0) is 38.0 Å². The maximum absolute atomic E-state index is 12.3. The van der Waals surface area contributed by atoms with Gasteiger partial charge in [0, 0.05) is 18.7 Å². The Morgan fingerprint density at radius 1 is 1.30 bits per heavy atom. The Balaban J connectivity index is 1.89. The molecule has 1 saturated heterocycles. The Morgan fingerprint density at radius 3 is 2.80 bits per heavy atom. The molecule has 2 heterocycles. The lowest BCUT2D eigenvalue weighted by Crippen LogP contribution is -2.25. The van der Waals surface area contributed by atoms with E-state index in [4.69, 9.17) is 4.52 Å². The Hall–Kier alpha value is -2.17. The zero-order chi connectivity index (χ0) is 14.3. The summed E-state index contributed by atoms with van der Waals surface area (Å²) in [6.07, 6.45) is 0.426. The van der Waals surface area contributed by atoms with E-state index >= 15 is 0 Å². The van der Waals surface area contributed by atoms with E-state index in [1.165, 1.54) is 0 Å². The van der Waals surface area contributed by atoms with Crippen LogP contribution >= 0.6 is 0 Å². The molecule has 3 rings (SSSR count). The summed E-state index contributed by atoms with van der Waals surface area (Å²) in [5.74, 6) is 1.27. The summed E-state index contributed by atoms with van der Waals surface area (Å²) >= 11 is 0. The van der Waals surface area contributed by atoms with Gasteiger partial charge in [-0.25, -0.2) is 0 Å². The van der Waals surface area contributed by atoms with E-state index in [0.29, 0.717) is 24.7 Å². The molecule has 1 aromatic heterocycles. The van der Waals surface area contributed by atoms with Crippen LogP contribution in [0, 0.1) is 20.8 Å². The molecule has 1 aliphatic rings. The molecule has 5 nitrogen and oxygen atoms in total. The molecule has 104 valence electrons. The van der Waals surface area contributed by atoms with Gasteiger partial charge in [-0.1, -0.05) is 17.3 Å². The molecule has 0 unspecified atom stereocenters. The van der Waals surface area contributed by atoms with Crippen LogP contribution in [0.25, 0.3) is 0 Å². The number of hydrogen-bond acceptors (Lipinski definition) is 4. The molecular formula is C15H17N3O2. The second-order valence-corrected chi connectivity index (χ2v) is 5.38. The molecule has 0 bridgehead atoms. The highest BCUT2D eigenvalue weighted by atomic mass is 16.5. The number of carbonyl (C=O) groups is 1. The summed E-state index contributed by atoms with van der Waals surface area (Å²) in [4.78, 5) is 18.3. The van der Waals surface area contributed by atoms with E-state index in [1.54, 1.807) is 6.92 Å². The molecule has 0 N–H and O–H groups in total. The first kappa shape index (κ1) is 12.8. The average Bonchev–Trinajstić information content (AvgIpc) is 2.99. The topological polar surface area (TPSA) is 59.2 Å². The van der Waals surface area contributed by atoms with Crippen molar-refractivity contribution in [3.63, 3.8) is 0 Å². The minimum absolute atomic E-state index is 0.0105. The lowest BCUT2D eigenvalue weighted by molar-refractivity contribution is -0.117. The van der Waals surface area contributed by atoms with Crippen LogP contribution < -0.4 is 4.90 Å². The van der Waals surface area contributed by atoms with Gasteiger partial charge in [0.1, 0.15) is 0 Å². The van der Waals surface area contributed by atoms with Crippen LogP contribution in [0.1, 0.15) is 35.2 Å². The Kier molecular flexibility index (Phi) is 3.04. The molecule has 1 aromatic carbocycles. The summed E-state index contributed by atoms with van der Waals surface area (Å²) in [6.45, 7) is 6.44. The second-order valence-electron chi connectivity index (χ2n) is 5.38. The van der Waals surface area contributed by atoms with Crippen molar-refractivity contribution in [1.82, 2.24) is 10.1 Å². The molecule has 1 atom stereocenters. The standard InChI is InChI=1S/C15H17N3O2/c1-9-4-5-10(2)13(6-9)18-8-12(7-14(18)19)15-16-11(3)17-20-15/h4-6,12H,7-8H2,1-3H3/t12-/m1/s1. The molecule has 1 aliphatic heterocycles. The maximum atomic E-state index is 12.3. The van der Waals surface area contributed by atoms with Gasteiger partial charge in [-0.15, -0.1) is 0 Å². The largest absolute Gasteiger partial charge is 0.339 e. The highest BCUT2D eigenvalue weighted by Crippen LogP contribution is 2.33. The average molecular weight is 271 g/mol. The van der Waals surface area contributed by atoms with E-state index in [1.807, 2.05) is 24.8 Å². The predicted molar refractivity (Wildman–Crippen MR) is 74.7 cm³/mol. The predicted octanol–water partition coefficient (Wildman–Crippen LogP) is 2.52. The van der Waals surface area contributed by atoms with Gasteiger partial charge >= 0.3 is 0 Å². The first-order chi connectivity index (χ1) is 9.54. The summed E-state index contributed by atoms with van der Waals surface area (Å²) in [6, 6.07) is 6.15. The number of benzene rings is 1. The van der Waals surface area contributed by atoms with Gasteiger partial charge in [0.15, 0.2) is 5.82 Å². The van der Waals surface area contributed by atoms with Crippen molar-refractivity contribution in [2.75, 3.05) is 11.4 Å². The normalized spacial score (nSPS) is 18.9. The zero-order valence-corrected chi connectivity index (χ0v) is 11.9.